The highest BCUT2D eigenvalue weighted by Crippen LogP contribution is 2.35. The third kappa shape index (κ3) is 2.42. The number of hydrogen-bond acceptors (Lipinski definition) is 2. The van der Waals surface area contributed by atoms with Gasteiger partial charge in [-0.15, -0.1) is 0 Å². The van der Waals surface area contributed by atoms with Crippen LogP contribution in [0.15, 0.2) is 48.5 Å². The highest BCUT2D eigenvalue weighted by molar-refractivity contribution is 6.89. The second-order valence-corrected chi connectivity index (χ2v) is 12.9. The van der Waals surface area contributed by atoms with Gasteiger partial charge in [0.05, 0.1) is 24.7 Å². The summed E-state index contributed by atoms with van der Waals surface area (Å²) in [6, 6.07) is 15.4. The lowest BCUT2D eigenvalue weighted by Gasteiger charge is -2.34. The molecule has 0 aromatic heterocycles. The summed E-state index contributed by atoms with van der Waals surface area (Å²) in [6.07, 6.45) is 0. The molecule has 0 aliphatic carbocycles. The third-order valence-electron chi connectivity index (χ3n) is 4.76. The number of hydrogen-bond donors (Lipinski definition) is 0. The Bertz CT molecular complexity index is 819. The van der Waals surface area contributed by atoms with Crippen LogP contribution in [-0.4, -0.2) is 24.8 Å². The number of nitrogens with zero attached hydrogens (tertiary/aromatic N) is 1. The Morgan fingerprint density at radius 3 is 2.04 bits per heavy atom. The van der Waals surface area contributed by atoms with E-state index in [1.54, 1.807) is 6.07 Å². The van der Waals surface area contributed by atoms with Crippen molar-refractivity contribution in [2.45, 2.75) is 39.0 Å². The second kappa shape index (κ2) is 5.41. The van der Waals surface area contributed by atoms with E-state index in [0.29, 0.717) is 11.1 Å². The molecule has 24 heavy (non-hydrogen) atoms. The topological polar surface area (TPSA) is 37.4 Å². The summed E-state index contributed by atoms with van der Waals surface area (Å²) < 4.78 is 0. The van der Waals surface area contributed by atoms with E-state index in [-0.39, 0.29) is 11.8 Å². The quantitative estimate of drug-likeness (QED) is 0.632. The zero-order chi connectivity index (χ0) is 17.7. The summed E-state index contributed by atoms with van der Waals surface area (Å²) in [4.78, 5) is 27.7. The van der Waals surface area contributed by atoms with Gasteiger partial charge in [-0.1, -0.05) is 62.1 Å². The maximum absolute atomic E-state index is 13.2. The van der Waals surface area contributed by atoms with Crippen LogP contribution in [0, 0.1) is 0 Å². The molecule has 0 saturated heterocycles. The molecule has 2 aromatic carbocycles. The summed E-state index contributed by atoms with van der Waals surface area (Å²) in [6.45, 7) is 10.5. The molecular formula is C20H23NO2Si. The molecule has 4 heteroatoms. The molecule has 0 atom stereocenters. The van der Waals surface area contributed by atoms with E-state index in [4.69, 9.17) is 0 Å². The van der Waals surface area contributed by atoms with Gasteiger partial charge in [-0.2, -0.15) is 0 Å². The minimum absolute atomic E-state index is 0.165. The lowest BCUT2D eigenvalue weighted by molar-refractivity contribution is 0.0475. The van der Waals surface area contributed by atoms with E-state index in [1.807, 2.05) is 56.3 Å². The first-order valence-electron chi connectivity index (χ1n) is 8.23. The van der Waals surface area contributed by atoms with Gasteiger partial charge in [0, 0.05) is 0 Å². The average Bonchev–Trinajstić information content (AvgIpc) is 2.79. The molecule has 3 nitrogen and oxygen atoms in total. The van der Waals surface area contributed by atoms with E-state index in [9.17, 15) is 9.59 Å². The van der Waals surface area contributed by atoms with Crippen LogP contribution in [0.3, 0.4) is 0 Å². The molecule has 1 heterocycles. The predicted octanol–water partition coefficient (Wildman–Crippen LogP) is 3.76. The van der Waals surface area contributed by atoms with Gasteiger partial charge >= 0.3 is 0 Å². The Kier molecular flexibility index (Phi) is 3.76. The predicted molar refractivity (Wildman–Crippen MR) is 99.4 cm³/mol. The molecule has 0 N–H and O–H groups in total. The summed E-state index contributed by atoms with van der Waals surface area (Å²) in [5.41, 5.74) is 1.43. The minimum Gasteiger partial charge on any atom is -0.269 e. The first-order chi connectivity index (χ1) is 11.2. The first kappa shape index (κ1) is 16.6. The molecule has 2 amide bonds. The number of carbonyl (C=O) groups is 2. The maximum Gasteiger partial charge on any atom is 0.262 e. The van der Waals surface area contributed by atoms with Crippen molar-refractivity contribution in [3.8, 4) is 0 Å². The molecule has 3 rings (SSSR count). The number of fused-ring (bicyclic) bond motifs is 1. The maximum atomic E-state index is 13.2. The summed E-state index contributed by atoms with van der Waals surface area (Å²) in [5, 5.41) is 1.06. The molecule has 0 bridgehead atoms. The smallest absolute Gasteiger partial charge is 0.262 e. The fourth-order valence-electron chi connectivity index (χ4n) is 3.39. The van der Waals surface area contributed by atoms with E-state index < -0.39 is 13.6 Å². The van der Waals surface area contributed by atoms with Gasteiger partial charge in [-0.25, -0.2) is 0 Å². The van der Waals surface area contributed by atoms with Crippen LogP contribution in [0.25, 0.3) is 0 Å². The van der Waals surface area contributed by atoms with Gasteiger partial charge in [-0.3, -0.25) is 14.5 Å². The van der Waals surface area contributed by atoms with Gasteiger partial charge < -0.3 is 0 Å². The standard InChI is InChI=1S/C20H23NO2Si/c1-20(2,14-10-7-6-8-11-14)21-18(22)15-12-9-13-16(24(3,4)5)17(15)19(21)23/h6-13H,1-5H3. The van der Waals surface area contributed by atoms with Crippen LogP contribution < -0.4 is 5.19 Å². The lowest BCUT2D eigenvalue weighted by Crippen LogP contribution is -2.47. The zero-order valence-electron chi connectivity index (χ0n) is 14.9. The van der Waals surface area contributed by atoms with Crippen molar-refractivity contribution in [2.75, 3.05) is 0 Å². The highest BCUT2D eigenvalue weighted by Gasteiger charge is 2.46. The minimum atomic E-state index is -1.73. The lowest BCUT2D eigenvalue weighted by atomic mass is 9.92. The summed E-state index contributed by atoms with van der Waals surface area (Å²) >= 11 is 0. The molecule has 2 aromatic rings. The first-order valence-corrected chi connectivity index (χ1v) is 11.7. The molecular weight excluding hydrogens is 314 g/mol. The van der Waals surface area contributed by atoms with E-state index >= 15 is 0 Å². The van der Waals surface area contributed by atoms with Crippen molar-refractivity contribution in [3.05, 3.63) is 65.2 Å². The van der Waals surface area contributed by atoms with Gasteiger partial charge in [0.25, 0.3) is 11.8 Å². The fraction of sp³-hybridized carbons (Fsp3) is 0.300. The Balaban J connectivity index is 2.15. The van der Waals surface area contributed by atoms with Crippen LogP contribution in [0.4, 0.5) is 0 Å². The Morgan fingerprint density at radius 1 is 0.833 bits per heavy atom. The Hall–Kier alpha value is -2.20. The number of amides is 2. The summed E-state index contributed by atoms with van der Waals surface area (Å²) in [7, 11) is -1.73. The highest BCUT2D eigenvalue weighted by atomic mass is 28.3. The van der Waals surface area contributed by atoms with Crippen LogP contribution in [0.2, 0.25) is 19.6 Å². The SMILES string of the molecule is CC(C)(c1ccccc1)N1C(=O)c2cccc([Si](C)(C)C)c2C1=O. The van der Waals surface area contributed by atoms with Crippen LogP contribution >= 0.6 is 0 Å². The second-order valence-electron chi connectivity index (χ2n) is 7.85. The number of benzene rings is 2. The van der Waals surface area contributed by atoms with Crippen molar-refractivity contribution in [3.63, 3.8) is 0 Å². The Morgan fingerprint density at radius 2 is 1.46 bits per heavy atom. The van der Waals surface area contributed by atoms with Crippen LogP contribution in [-0.2, 0) is 5.54 Å². The molecule has 1 aliphatic heterocycles. The fourth-order valence-corrected chi connectivity index (χ4v) is 4.98. The number of rotatable bonds is 3. The summed E-state index contributed by atoms with van der Waals surface area (Å²) in [5.74, 6) is -0.356. The van der Waals surface area contributed by atoms with Crippen molar-refractivity contribution in [1.82, 2.24) is 4.90 Å². The van der Waals surface area contributed by atoms with Gasteiger partial charge in [0.2, 0.25) is 0 Å². The molecule has 0 radical (unpaired) electrons. The average molecular weight is 337 g/mol. The normalized spacial score (nSPS) is 15.0. The van der Waals surface area contributed by atoms with Crippen LogP contribution in [0.1, 0.15) is 40.1 Å². The zero-order valence-corrected chi connectivity index (χ0v) is 15.9. The molecule has 0 saturated carbocycles. The number of carbonyl (C=O) groups excluding carboxylic acids is 2. The molecule has 0 fully saturated rings. The van der Waals surface area contributed by atoms with Gasteiger partial charge in [-0.05, 0) is 30.7 Å². The monoisotopic (exact) mass is 337 g/mol. The van der Waals surface area contributed by atoms with Gasteiger partial charge in [0.15, 0.2) is 0 Å². The molecule has 0 spiro atoms. The molecule has 124 valence electrons. The van der Waals surface area contributed by atoms with Crippen LogP contribution in [0.5, 0.6) is 0 Å². The Labute approximate surface area is 144 Å². The largest absolute Gasteiger partial charge is 0.269 e. The van der Waals surface area contributed by atoms with Crippen molar-refractivity contribution in [2.24, 2.45) is 0 Å². The number of imide groups is 1. The van der Waals surface area contributed by atoms with Crippen molar-refractivity contribution >= 4 is 25.1 Å². The molecule has 1 aliphatic rings. The van der Waals surface area contributed by atoms with Crippen molar-refractivity contribution in [1.29, 1.82) is 0 Å². The van der Waals surface area contributed by atoms with E-state index in [0.717, 1.165) is 10.8 Å². The van der Waals surface area contributed by atoms with Crippen molar-refractivity contribution < 1.29 is 9.59 Å². The van der Waals surface area contributed by atoms with E-state index in [1.165, 1.54) is 4.90 Å². The molecule has 0 unspecified atom stereocenters. The third-order valence-corrected chi connectivity index (χ3v) is 6.79. The van der Waals surface area contributed by atoms with E-state index in [2.05, 4.69) is 19.6 Å². The van der Waals surface area contributed by atoms with Gasteiger partial charge in [0.1, 0.15) is 0 Å².